The smallest absolute Gasteiger partial charge is 0.264 e. The summed E-state index contributed by atoms with van der Waals surface area (Å²) in [4.78, 5) is 89.9. The lowest BCUT2D eigenvalue weighted by Crippen LogP contribution is -2.54. The number of aromatic nitrogens is 2. The van der Waals surface area contributed by atoms with Gasteiger partial charge in [-0.2, -0.15) is 4.98 Å². The van der Waals surface area contributed by atoms with Crippen molar-refractivity contribution in [1.29, 1.82) is 0 Å². The molecule has 18 heteroatoms. The third kappa shape index (κ3) is 9.79. The summed E-state index contributed by atoms with van der Waals surface area (Å²) < 4.78 is 14.7. The maximum atomic E-state index is 14.7. The number of nitrogens with one attached hydrogen (secondary N) is 5. The number of hydrogen-bond donors (Lipinski definition) is 5. The number of carbonyl (C=O) groups excluding carboxylic acids is 6. The number of amides is 6. The zero-order chi connectivity index (χ0) is 44.0. The van der Waals surface area contributed by atoms with Crippen molar-refractivity contribution >= 4 is 81.6 Å². The number of imide groups is 2. The number of anilines is 6. The number of piperidine rings is 1. The van der Waals surface area contributed by atoms with Gasteiger partial charge < -0.3 is 26.2 Å². The van der Waals surface area contributed by atoms with E-state index in [0.717, 1.165) is 29.6 Å². The maximum absolute atomic E-state index is 14.7. The standard InChI is InChI=1S/C45H42ClFN10O6/c46-32-6-1-2-7-34(32)52-41(60)28-11-15-29(16-12-28)50-40-33(47)26-49-45(54-40)51-30-13-9-27(10-14-30)25-38(59)56-23-21-55(22-24-56)20-4-19-48-35-8-3-5-31-39(35)44(63)57(43(31)62)36-17-18-37(58)53-42(36)61/h1-3,5-16,26,36,48H,4,17-25H2,(H,52,60)(H,53,58,61)(H2,49,50,51,54). The summed E-state index contributed by atoms with van der Waals surface area (Å²) in [5.74, 6) is -3.07. The van der Waals surface area contributed by atoms with Gasteiger partial charge in [0.2, 0.25) is 23.7 Å². The van der Waals surface area contributed by atoms with E-state index in [1.165, 1.54) is 0 Å². The molecule has 1 aromatic heterocycles. The summed E-state index contributed by atoms with van der Waals surface area (Å²) >= 11 is 6.15. The molecule has 1 unspecified atom stereocenters. The third-order valence-electron chi connectivity index (χ3n) is 11.0. The van der Waals surface area contributed by atoms with Gasteiger partial charge in [-0.15, -0.1) is 0 Å². The van der Waals surface area contributed by atoms with Crippen LogP contribution < -0.4 is 26.6 Å². The van der Waals surface area contributed by atoms with Crippen molar-refractivity contribution in [1.82, 2.24) is 30.0 Å². The minimum Gasteiger partial charge on any atom is -0.384 e. The van der Waals surface area contributed by atoms with E-state index < -0.39 is 35.5 Å². The first-order valence-corrected chi connectivity index (χ1v) is 20.8. The summed E-state index contributed by atoms with van der Waals surface area (Å²) in [5, 5.41) is 14.7. The van der Waals surface area contributed by atoms with Crippen molar-refractivity contribution in [2.75, 3.05) is 60.5 Å². The van der Waals surface area contributed by atoms with Crippen molar-refractivity contribution < 1.29 is 33.2 Å². The Balaban J connectivity index is 0.764. The van der Waals surface area contributed by atoms with Gasteiger partial charge in [-0.05, 0) is 85.6 Å². The van der Waals surface area contributed by atoms with Gasteiger partial charge in [0.1, 0.15) is 6.04 Å². The molecule has 322 valence electrons. The third-order valence-corrected chi connectivity index (χ3v) is 11.3. The van der Waals surface area contributed by atoms with Crippen LogP contribution in [-0.2, 0) is 20.8 Å². The van der Waals surface area contributed by atoms with E-state index in [1.807, 2.05) is 17.0 Å². The molecule has 2 fully saturated rings. The highest BCUT2D eigenvalue weighted by Gasteiger charge is 2.45. The van der Waals surface area contributed by atoms with Gasteiger partial charge in [0.25, 0.3) is 17.7 Å². The molecule has 1 atom stereocenters. The van der Waals surface area contributed by atoms with Gasteiger partial charge in [0.15, 0.2) is 11.6 Å². The summed E-state index contributed by atoms with van der Waals surface area (Å²) in [6.45, 7) is 3.91. The number of hydrogen-bond acceptors (Lipinski definition) is 12. The Labute approximate surface area is 366 Å². The van der Waals surface area contributed by atoms with Crippen molar-refractivity contribution in [2.45, 2.75) is 31.7 Å². The predicted molar refractivity (Wildman–Crippen MR) is 234 cm³/mol. The van der Waals surface area contributed by atoms with E-state index in [1.54, 1.807) is 78.9 Å². The quantitative estimate of drug-likeness (QED) is 0.0686. The normalized spacial score (nSPS) is 16.4. The molecule has 5 aromatic rings. The molecule has 0 aliphatic carbocycles. The van der Waals surface area contributed by atoms with Gasteiger partial charge in [-0.25, -0.2) is 9.37 Å². The Bertz CT molecular complexity index is 2590. The molecule has 0 saturated carbocycles. The van der Waals surface area contributed by atoms with Gasteiger partial charge >= 0.3 is 0 Å². The van der Waals surface area contributed by atoms with Crippen molar-refractivity contribution in [3.05, 3.63) is 130 Å². The molecular formula is C45H42ClFN10O6. The zero-order valence-electron chi connectivity index (χ0n) is 33.8. The first kappa shape index (κ1) is 42.5. The number of rotatable bonds is 14. The molecule has 2 saturated heterocycles. The van der Waals surface area contributed by atoms with Crippen LogP contribution in [0.4, 0.5) is 38.9 Å². The molecule has 0 bridgehead atoms. The fourth-order valence-corrected chi connectivity index (χ4v) is 7.83. The van der Waals surface area contributed by atoms with Crippen LogP contribution in [0.3, 0.4) is 0 Å². The zero-order valence-corrected chi connectivity index (χ0v) is 34.6. The second-order valence-electron chi connectivity index (χ2n) is 15.2. The molecule has 3 aliphatic heterocycles. The molecule has 4 heterocycles. The van der Waals surface area contributed by atoms with E-state index in [0.29, 0.717) is 66.1 Å². The predicted octanol–water partition coefficient (Wildman–Crippen LogP) is 5.60. The number of nitrogens with zero attached hydrogens (tertiary/aromatic N) is 5. The Morgan fingerprint density at radius 1 is 0.825 bits per heavy atom. The number of fused-ring (bicyclic) bond motifs is 1. The fraction of sp³-hybridized carbons (Fsp3) is 0.244. The molecule has 5 N–H and O–H groups in total. The first-order chi connectivity index (χ1) is 30.5. The minimum absolute atomic E-state index is 0.0207. The van der Waals surface area contributed by atoms with E-state index in [4.69, 9.17) is 11.6 Å². The molecule has 4 aromatic carbocycles. The molecule has 16 nitrogen and oxygen atoms in total. The van der Waals surface area contributed by atoms with Crippen molar-refractivity contribution in [3.63, 3.8) is 0 Å². The largest absolute Gasteiger partial charge is 0.384 e. The SMILES string of the molecule is O=C1CCC(N2C(=O)c3cccc(NCCCN4CCN(C(=O)Cc5ccc(Nc6ncc(F)c(Nc7ccc(C(=O)Nc8ccccc8Cl)cc7)n6)cc5)CC4)c3C2=O)C(=O)N1. The molecule has 0 radical (unpaired) electrons. The average Bonchev–Trinajstić information content (AvgIpc) is 3.54. The van der Waals surface area contributed by atoms with E-state index in [9.17, 15) is 33.2 Å². The summed E-state index contributed by atoms with van der Waals surface area (Å²) in [6, 6.07) is 24.6. The van der Waals surface area contributed by atoms with Crippen LogP contribution >= 0.6 is 11.6 Å². The monoisotopic (exact) mass is 872 g/mol. The second-order valence-corrected chi connectivity index (χ2v) is 15.6. The summed E-state index contributed by atoms with van der Waals surface area (Å²) in [6.07, 6.45) is 2.18. The highest BCUT2D eigenvalue weighted by atomic mass is 35.5. The van der Waals surface area contributed by atoms with Crippen LogP contribution in [-0.4, -0.2) is 105 Å². The van der Waals surface area contributed by atoms with Crippen LogP contribution in [0.2, 0.25) is 5.02 Å². The number of benzene rings is 4. The Kier molecular flexibility index (Phi) is 12.7. The van der Waals surface area contributed by atoms with E-state index in [-0.39, 0.29) is 54.0 Å². The summed E-state index contributed by atoms with van der Waals surface area (Å²) in [7, 11) is 0. The lowest BCUT2D eigenvalue weighted by Gasteiger charge is -2.35. The van der Waals surface area contributed by atoms with Crippen LogP contribution in [0.5, 0.6) is 0 Å². The molecule has 6 amide bonds. The Hall–Kier alpha value is -7.24. The topological polar surface area (TPSA) is 198 Å². The van der Waals surface area contributed by atoms with Crippen LogP contribution in [0.25, 0.3) is 0 Å². The van der Waals surface area contributed by atoms with Crippen LogP contribution in [0, 0.1) is 5.82 Å². The number of carbonyl (C=O) groups is 6. The minimum atomic E-state index is -1.02. The Morgan fingerprint density at radius 2 is 1.54 bits per heavy atom. The lowest BCUT2D eigenvalue weighted by atomic mass is 10.0. The molecule has 63 heavy (non-hydrogen) atoms. The molecule has 8 rings (SSSR count). The number of piperazine rings is 1. The molecule has 3 aliphatic rings. The van der Waals surface area contributed by atoms with E-state index >= 15 is 0 Å². The maximum Gasteiger partial charge on any atom is 0.264 e. The van der Waals surface area contributed by atoms with Crippen LogP contribution in [0.15, 0.2) is 97.2 Å². The number of para-hydroxylation sites is 1. The second kappa shape index (κ2) is 18.8. The molecular weight excluding hydrogens is 831 g/mol. The van der Waals surface area contributed by atoms with Gasteiger partial charge in [0.05, 0.1) is 34.5 Å². The van der Waals surface area contributed by atoms with E-state index in [2.05, 4.69) is 41.5 Å². The Morgan fingerprint density at radius 3 is 2.29 bits per heavy atom. The van der Waals surface area contributed by atoms with Gasteiger partial charge in [0, 0.05) is 61.8 Å². The lowest BCUT2D eigenvalue weighted by molar-refractivity contribution is -0.136. The highest BCUT2D eigenvalue weighted by Crippen LogP contribution is 2.32. The van der Waals surface area contributed by atoms with Gasteiger partial charge in [-0.1, -0.05) is 41.9 Å². The van der Waals surface area contributed by atoms with Crippen molar-refractivity contribution in [3.8, 4) is 0 Å². The summed E-state index contributed by atoms with van der Waals surface area (Å²) in [5.41, 5.74) is 3.84. The fourth-order valence-electron chi connectivity index (χ4n) is 7.64. The highest BCUT2D eigenvalue weighted by molar-refractivity contribution is 6.34. The van der Waals surface area contributed by atoms with Gasteiger partial charge in [-0.3, -0.25) is 43.9 Å². The first-order valence-electron chi connectivity index (χ1n) is 20.4. The average molecular weight is 873 g/mol. The molecule has 0 spiro atoms. The van der Waals surface area contributed by atoms with Crippen LogP contribution in [0.1, 0.15) is 55.9 Å². The van der Waals surface area contributed by atoms with Crippen molar-refractivity contribution in [2.24, 2.45) is 0 Å². The number of halogens is 2.